The Morgan fingerprint density at radius 3 is 2.57 bits per heavy atom. The molecule has 1 unspecified atom stereocenters. The van der Waals surface area contributed by atoms with Crippen LogP contribution in [0.4, 0.5) is 5.69 Å². The molecule has 0 bridgehead atoms. The molecule has 0 aliphatic carbocycles. The highest BCUT2D eigenvalue weighted by atomic mass is 16.2. The van der Waals surface area contributed by atoms with E-state index in [1.54, 1.807) is 35.5 Å². The van der Waals surface area contributed by atoms with Gasteiger partial charge in [-0.25, -0.2) is 4.98 Å². The van der Waals surface area contributed by atoms with Crippen LogP contribution in [0.25, 0.3) is 5.69 Å². The first kappa shape index (κ1) is 17.9. The van der Waals surface area contributed by atoms with Crippen molar-refractivity contribution in [1.29, 1.82) is 0 Å². The van der Waals surface area contributed by atoms with Gasteiger partial charge in [0.1, 0.15) is 17.6 Å². The molecule has 1 saturated heterocycles. The SMILES string of the molecule is Cc1nccn1-c1ccc(NC(=O)C2CCCN2C(=O)c2ccccn2)cc1. The zero-order valence-electron chi connectivity index (χ0n) is 15.6. The molecule has 7 heteroatoms. The van der Waals surface area contributed by atoms with Crippen LogP contribution in [0.2, 0.25) is 0 Å². The minimum Gasteiger partial charge on any atom is -0.325 e. The van der Waals surface area contributed by atoms with Crippen LogP contribution in [0.3, 0.4) is 0 Å². The fourth-order valence-electron chi connectivity index (χ4n) is 3.50. The van der Waals surface area contributed by atoms with Gasteiger partial charge in [0, 0.05) is 36.5 Å². The van der Waals surface area contributed by atoms with Gasteiger partial charge in [0.15, 0.2) is 0 Å². The van der Waals surface area contributed by atoms with Crippen LogP contribution in [0.1, 0.15) is 29.2 Å². The third kappa shape index (κ3) is 3.51. The number of anilines is 1. The van der Waals surface area contributed by atoms with Gasteiger partial charge in [-0.15, -0.1) is 0 Å². The van der Waals surface area contributed by atoms with Crippen LogP contribution in [-0.4, -0.2) is 43.8 Å². The van der Waals surface area contributed by atoms with E-state index in [1.165, 1.54) is 0 Å². The Morgan fingerprint density at radius 1 is 1.07 bits per heavy atom. The summed E-state index contributed by atoms with van der Waals surface area (Å²) in [4.78, 5) is 35.4. The van der Waals surface area contributed by atoms with Crippen LogP contribution in [0.5, 0.6) is 0 Å². The lowest BCUT2D eigenvalue weighted by molar-refractivity contribution is -0.119. The number of imidazole rings is 1. The number of amides is 2. The molecule has 3 heterocycles. The predicted octanol–water partition coefficient (Wildman–Crippen LogP) is 2.82. The van der Waals surface area contributed by atoms with E-state index in [1.807, 2.05) is 42.0 Å². The lowest BCUT2D eigenvalue weighted by atomic mass is 10.2. The smallest absolute Gasteiger partial charge is 0.273 e. The molecule has 1 N–H and O–H groups in total. The number of aryl methyl sites for hydroxylation is 1. The maximum absolute atomic E-state index is 12.8. The number of likely N-dealkylation sites (tertiary alicyclic amines) is 1. The van der Waals surface area contributed by atoms with Gasteiger partial charge in [0.25, 0.3) is 5.91 Å². The third-order valence-electron chi connectivity index (χ3n) is 4.94. The maximum Gasteiger partial charge on any atom is 0.273 e. The van der Waals surface area contributed by atoms with E-state index < -0.39 is 6.04 Å². The van der Waals surface area contributed by atoms with Crippen molar-refractivity contribution in [3.63, 3.8) is 0 Å². The minimum atomic E-state index is -0.481. The van der Waals surface area contributed by atoms with E-state index in [4.69, 9.17) is 0 Å². The van der Waals surface area contributed by atoms with Gasteiger partial charge in [-0.05, 0) is 56.2 Å². The molecule has 2 aromatic heterocycles. The van der Waals surface area contributed by atoms with Gasteiger partial charge in [-0.3, -0.25) is 14.6 Å². The molecule has 28 heavy (non-hydrogen) atoms. The van der Waals surface area contributed by atoms with Crippen molar-refractivity contribution in [2.75, 3.05) is 11.9 Å². The summed E-state index contributed by atoms with van der Waals surface area (Å²) in [7, 11) is 0. The molecule has 142 valence electrons. The Kier molecular flexibility index (Phi) is 4.89. The molecule has 0 saturated carbocycles. The summed E-state index contributed by atoms with van der Waals surface area (Å²) < 4.78 is 1.97. The highest BCUT2D eigenvalue weighted by Crippen LogP contribution is 2.22. The fraction of sp³-hybridized carbons (Fsp3) is 0.238. The second kappa shape index (κ2) is 7.64. The van der Waals surface area contributed by atoms with Crippen LogP contribution in [0, 0.1) is 6.92 Å². The molecule has 1 atom stereocenters. The Labute approximate surface area is 163 Å². The topological polar surface area (TPSA) is 80.1 Å². The third-order valence-corrected chi connectivity index (χ3v) is 4.94. The first-order valence-corrected chi connectivity index (χ1v) is 9.27. The highest BCUT2D eigenvalue weighted by molar-refractivity contribution is 6.00. The predicted molar refractivity (Wildman–Crippen MR) is 105 cm³/mol. The van der Waals surface area contributed by atoms with Crippen LogP contribution in [-0.2, 0) is 4.79 Å². The quantitative estimate of drug-likeness (QED) is 0.760. The van der Waals surface area contributed by atoms with E-state index in [2.05, 4.69) is 15.3 Å². The number of carbonyl (C=O) groups is 2. The molecule has 2 amide bonds. The lowest BCUT2D eigenvalue weighted by Gasteiger charge is -2.23. The normalized spacial score (nSPS) is 16.2. The average molecular weight is 375 g/mol. The molecule has 1 fully saturated rings. The Morgan fingerprint density at radius 2 is 1.89 bits per heavy atom. The maximum atomic E-state index is 12.8. The average Bonchev–Trinajstić information content (AvgIpc) is 3.38. The number of hydrogen-bond acceptors (Lipinski definition) is 4. The number of pyridine rings is 1. The van der Waals surface area contributed by atoms with Gasteiger partial charge in [-0.1, -0.05) is 6.07 Å². The molecule has 1 aliphatic heterocycles. The monoisotopic (exact) mass is 375 g/mol. The number of rotatable bonds is 4. The molecular formula is C21H21N5O2. The number of aromatic nitrogens is 3. The number of nitrogens with zero attached hydrogens (tertiary/aromatic N) is 4. The van der Waals surface area contributed by atoms with Gasteiger partial charge in [-0.2, -0.15) is 0 Å². The standard InChI is InChI=1S/C21H21N5O2/c1-15-22-12-14-25(15)17-9-7-16(8-10-17)24-20(27)19-6-4-13-26(19)21(28)18-5-2-3-11-23-18/h2-3,5,7-12,14,19H,4,6,13H2,1H3,(H,24,27). The highest BCUT2D eigenvalue weighted by Gasteiger charge is 2.35. The van der Waals surface area contributed by atoms with E-state index in [9.17, 15) is 9.59 Å². The first-order valence-electron chi connectivity index (χ1n) is 9.27. The Bertz CT molecular complexity index is 982. The molecule has 0 spiro atoms. The number of benzene rings is 1. The van der Waals surface area contributed by atoms with Gasteiger partial charge >= 0.3 is 0 Å². The van der Waals surface area contributed by atoms with Crippen LogP contribution >= 0.6 is 0 Å². The van der Waals surface area contributed by atoms with Crippen molar-refractivity contribution >= 4 is 17.5 Å². The van der Waals surface area contributed by atoms with Crippen LogP contribution in [0.15, 0.2) is 61.1 Å². The van der Waals surface area contributed by atoms with Crippen molar-refractivity contribution in [2.45, 2.75) is 25.8 Å². The second-order valence-electron chi connectivity index (χ2n) is 6.75. The summed E-state index contributed by atoms with van der Waals surface area (Å²) in [6.07, 6.45) is 6.68. The molecule has 0 radical (unpaired) electrons. The van der Waals surface area contributed by atoms with Crippen molar-refractivity contribution in [3.8, 4) is 5.69 Å². The van der Waals surface area contributed by atoms with Gasteiger partial charge < -0.3 is 14.8 Å². The van der Waals surface area contributed by atoms with Crippen molar-refractivity contribution < 1.29 is 9.59 Å². The summed E-state index contributed by atoms with van der Waals surface area (Å²) in [5.41, 5.74) is 2.03. The van der Waals surface area contributed by atoms with Gasteiger partial charge in [0.05, 0.1) is 0 Å². The van der Waals surface area contributed by atoms with Gasteiger partial charge in [0.2, 0.25) is 5.91 Å². The second-order valence-corrected chi connectivity index (χ2v) is 6.75. The van der Waals surface area contributed by atoms with E-state index >= 15 is 0 Å². The summed E-state index contributed by atoms with van der Waals surface area (Å²) in [6, 6.07) is 12.3. The molecule has 1 aromatic carbocycles. The Hall–Kier alpha value is -3.48. The fourth-order valence-corrected chi connectivity index (χ4v) is 3.50. The zero-order chi connectivity index (χ0) is 19.5. The van der Waals surface area contributed by atoms with Crippen molar-refractivity contribution in [1.82, 2.24) is 19.4 Å². The van der Waals surface area contributed by atoms with Crippen molar-refractivity contribution in [3.05, 3.63) is 72.6 Å². The first-order chi connectivity index (χ1) is 13.6. The van der Waals surface area contributed by atoms with E-state index in [0.717, 1.165) is 17.9 Å². The lowest BCUT2D eigenvalue weighted by Crippen LogP contribution is -2.43. The Balaban J connectivity index is 1.45. The van der Waals surface area contributed by atoms with E-state index in [-0.39, 0.29) is 11.8 Å². The summed E-state index contributed by atoms with van der Waals surface area (Å²) in [5, 5.41) is 2.93. The summed E-state index contributed by atoms with van der Waals surface area (Å²) in [5.74, 6) is 0.518. The summed E-state index contributed by atoms with van der Waals surface area (Å²) in [6.45, 7) is 2.50. The zero-order valence-corrected chi connectivity index (χ0v) is 15.6. The minimum absolute atomic E-state index is 0.173. The van der Waals surface area contributed by atoms with Crippen LogP contribution < -0.4 is 5.32 Å². The largest absolute Gasteiger partial charge is 0.325 e. The molecule has 3 aromatic rings. The molecule has 1 aliphatic rings. The molecule has 4 rings (SSSR count). The molecule has 7 nitrogen and oxygen atoms in total. The van der Waals surface area contributed by atoms with Crippen molar-refractivity contribution in [2.24, 2.45) is 0 Å². The number of hydrogen-bond donors (Lipinski definition) is 1. The van der Waals surface area contributed by atoms with E-state index in [0.29, 0.717) is 24.3 Å². The summed E-state index contributed by atoms with van der Waals surface area (Å²) >= 11 is 0. The number of carbonyl (C=O) groups excluding carboxylic acids is 2. The number of nitrogens with one attached hydrogen (secondary N) is 1. The molecular weight excluding hydrogens is 354 g/mol.